The number of ether oxygens (including phenoxy) is 3. The van der Waals surface area contributed by atoms with Crippen LogP contribution in [0.2, 0.25) is 0 Å². The van der Waals surface area contributed by atoms with E-state index < -0.39 is 6.10 Å². The van der Waals surface area contributed by atoms with Crippen LogP contribution in [0.15, 0.2) is 85.1 Å². The molecule has 6 nitrogen and oxygen atoms in total. The zero-order valence-corrected chi connectivity index (χ0v) is 51.0. The van der Waals surface area contributed by atoms with E-state index in [-0.39, 0.29) is 37.5 Å². The molecule has 77 heavy (non-hydrogen) atoms. The van der Waals surface area contributed by atoms with E-state index >= 15 is 0 Å². The van der Waals surface area contributed by atoms with Crippen molar-refractivity contribution in [3.8, 4) is 0 Å². The van der Waals surface area contributed by atoms with Gasteiger partial charge >= 0.3 is 17.9 Å². The molecule has 0 aromatic heterocycles. The van der Waals surface area contributed by atoms with Crippen LogP contribution in [0.5, 0.6) is 0 Å². The molecular weight excluding hydrogens is 949 g/mol. The first-order valence-corrected chi connectivity index (χ1v) is 33.1. The molecule has 1 atom stereocenters. The van der Waals surface area contributed by atoms with Gasteiger partial charge in [-0.15, -0.1) is 0 Å². The van der Waals surface area contributed by atoms with Crippen molar-refractivity contribution in [3.63, 3.8) is 0 Å². The molecule has 0 aliphatic rings. The molecule has 0 saturated heterocycles. The standard InChI is InChI=1S/C71H124O6/c1-4-7-10-13-16-19-22-25-28-31-34-35-38-40-43-46-49-52-55-58-61-64-70(73)76-67-68(77-71(74)65-62-59-56-53-50-47-44-41-37-33-30-27-24-21-18-15-12-9-6-3)66-75-69(72)63-60-57-54-51-48-45-42-39-36-32-29-26-23-20-17-14-11-8-5-2/h8,11,17,20,26-27,29-30,36,39,45,48,54,57,68H,4-7,9-10,12-16,18-19,21-25,28,31-35,37-38,40-44,46-47,49-53,55-56,58-67H2,1-3H3/b11-8-,20-17-,29-26-,30-27-,39-36-,48-45-,57-54-/t68-/m1/s1. The van der Waals surface area contributed by atoms with Gasteiger partial charge in [0.2, 0.25) is 0 Å². The van der Waals surface area contributed by atoms with Gasteiger partial charge in [0.15, 0.2) is 6.10 Å². The molecule has 0 aromatic carbocycles. The summed E-state index contributed by atoms with van der Waals surface area (Å²) in [4.78, 5) is 38.3. The maximum Gasteiger partial charge on any atom is 0.306 e. The topological polar surface area (TPSA) is 78.9 Å². The van der Waals surface area contributed by atoms with Crippen LogP contribution in [-0.2, 0) is 28.6 Å². The van der Waals surface area contributed by atoms with E-state index in [1.54, 1.807) is 0 Å². The third-order valence-electron chi connectivity index (χ3n) is 14.4. The third kappa shape index (κ3) is 63.3. The van der Waals surface area contributed by atoms with Crippen LogP contribution in [0.25, 0.3) is 0 Å². The molecule has 0 amide bonds. The second kappa shape index (κ2) is 65.1. The van der Waals surface area contributed by atoms with E-state index in [1.165, 1.54) is 205 Å². The number of hydrogen-bond acceptors (Lipinski definition) is 6. The highest BCUT2D eigenvalue weighted by Crippen LogP contribution is 2.17. The molecule has 0 bridgehead atoms. The van der Waals surface area contributed by atoms with Crippen LogP contribution in [0, 0.1) is 0 Å². The van der Waals surface area contributed by atoms with Crippen molar-refractivity contribution in [3.05, 3.63) is 85.1 Å². The lowest BCUT2D eigenvalue weighted by atomic mass is 10.0. The van der Waals surface area contributed by atoms with Gasteiger partial charge in [-0.05, 0) is 83.5 Å². The number of carbonyl (C=O) groups is 3. The second-order valence-corrected chi connectivity index (χ2v) is 22.0. The summed E-state index contributed by atoms with van der Waals surface area (Å²) in [6, 6.07) is 0. The van der Waals surface area contributed by atoms with Crippen LogP contribution in [0.3, 0.4) is 0 Å². The summed E-state index contributed by atoms with van der Waals surface area (Å²) in [5.41, 5.74) is 0. The van der Waals surface area contributed by atoms with Crippen LogP contribution < -0.4 is 0 Å². The Bertz CT molecular complexity index is 1470. The summed E-state index contributed by atoms with van der Waals surface area (Å²) in [5, 5.41) is 0. The Kier molecular flexibility index (Phi) is 62.2. The molecule has 0 saturated carbocycles. The van der Waals surface area contributed by atoms with Crippen molar-refractivity contribution in [2.75, 3.05) is 13.2 Å². The number of carbonyl (C=O) groups excluding carboxylic acids is 3. The van der Waals surface area contributed by atoms with E-state index in [0.717, 1.165) is 77.0 Å². The normalized spacial score (nSPS) is 12.6. The van der Waals surface area contributed by atoms with E-state index in [1.807, 2.05) is 6.08 Å². The fourth-order valence-corrected chi connectivity index (χ4v) is 9.47. The fourth-order valence-electron chi connectivity index (χ4n) is 9.47. The first-order valence-electron chi connectivity index (χ1n) is 33.1. The molecule has 0 spiro atoms. The number of allylic oxidation sites excluding steroid dienone is 14. The molecular formula is C71H124O6. The summed E-state index contributed by atoms with van der Waals surface area (Å²) >= 11 is 0. The van der Waals surface area contributed by atoms with Gasteiger partial charge in [-0.2, -0.15) is 0 Å². The molecule has 0 aliphatic heterocycles. The summed E-state index contributed by atoms with van der Waals surface area (Å²) in [5.74, 6) is -0.971. The molecule has 0 radical (unpaired) electrons. The molecule has 0 aromatic rings. The second-order valence-electron chi connectivity index (χ2n) is 22.0. The number of rotatable bonds is 60. The highest BCUT2D eigenvalue weighted by Gasteiger charge is 2.19. The first-order chi connectivity index (χ1) is 38.0. The molecule has 0 heterocycles. The van der Waals surface area contributed by atoms with Gasteiger partial charge in [0, 0.05) is 19.3 Å². The quantitative estimate of drug-likeness (QED) is 0.0261. The van der Waals surface area contributed by atoms with E-state index in [0.29, 0.717) is 19.3 Å². The van der Waals surface area contributed by atoms with Crippen LogP contribution >= 0.6 is 0 Å². The van der Waals surface area contributed by atoms with Crippen LogP contribution in [0.4, 0.5) is 0 Å². The first kappa shape index (κ1) is 73.6. The highest BCUT2D eigenvalue weighted by atomic mass is 16.6. The summed E-state index contributed by atoms with van der Waals surface area (Å²) in [6.07, 6.45) is 86.1. The number of esters is 3. The van der Waals surface area contributed by atoms with Gasteiger partial charge in [-0.1, -0.05) is 311 Å². The summed E-state index contributed by atoms with van der Waals surface area (Å²) in [7, 11) is 0. The molecule has 0 N–H and O–H groups in total. The predicted octanol–water partition coefficient (Wildman–Crippen LogP) is 22.7. The van der Waals surface area contributed by atoms with Gasteiger partial charge in [-0.3, -0.25) is 14.4 Å². The minimum Gasteiger partial charge on any atom is -0.462 e. The lowest BCUT2D eigenvalue weighted by molar-refractivity contribution is -0.166. The van der Waals surface area contributed by atoms with Gasteiger partial charge in [0.05, 0.1) is 0 Å². The van der Waals surface area contributed by atoms with Gasteiger partial charge in [0.25, 0.3) is 0 Å². The van der Waals surface area contributed by atoms with E-state index in [9.17, 15) is 14.4 Å². The van der Waals surface area contributed by atoms with Crippen LogP contribution in [-0.4, -0.2) is 37.2 Å². The Hall–Kier alpha value is -3.41. The van der Waals surface area contributed by atoms with Crippen molar-refractivity contribution in [1.29, 1.82) is 0 Å². The Morgan fingerprint density at radius 3 is 0.870 bits per heavy atom. The zero-order chi connectivity index (χ0) is 55.7. The van der Waals surface area contributed by atoms with Crippen molar-refractivity contribution in [2.24, 2.45) is 0 Å². The minimum atomic E-state index is -0.809. The van der Waals surface area contributed by atoms with Gasteiger partial charge in [0.1, 0.15) is 13.2 Å². The summed E-state index contributed by atoms with van der Waals surface area (Å²) < 4.78 is 16.9. The monoisotopic (exact) mass is 1070 g/mol. The Balaban J connectivity index is 4.44. The molecule has 0 rings (SSSR count). The fraction of sp³-hybridized carbons (Fsp3) is 0.761. The van der Waals surface area contributed by atoms with E-state index in [4.69, 9.17) is 14.2 Å². The van der Waals surface area contributed by atoms with Crippen molar-refractivity contribution in [2.45, 2.75) is 335 Å². The molecule has 444 valence electrons. The van der Waals surface area contributed by atoms with Crippen molar-refractivity contribution < 1.29 is 28.6 Å². The lowest BCUT2D eigenvalue weighted by Gasteiger charge is -2.18. The number of hydrogen-bond donors (Lipinski definition) is 0. The largest absolute Gasteiger partial charge is 0.462 e. The van der Waals surface area contributed by atoms with Crippen LogP contribution in [0.1, 0.15) is 329 Å². The molecule has 0 aliphatic carbocycles. The third-order valence-corrected chi connectivity index (χ3v) is 14.4. The molecule has 0 unspecified atom stereocenters. The SMILES string of the molecule is CC/C=C\C/C=C\C/C=C\C/C=C\C/C=C\C/C=C\CCC(=O)OC[C@H](COC(=O)CCCCCCCCCCCCCCCCCCCCCCC)OC(=O)CCCCCCCCCCC/C=C\CCCCCCCC. The zero-order valence-electron chi connectivity index (χ0n) is 51.0. The van der Waals surface area contributed by atoms with Crippen molar-refractivity contribution >= 4 is 17.9 Å². The van der Waals surface area contributed by atoms with Gasteiger partial charge in [-0.25, -0.2) is 0 Å². The van der Waals surface area contributed by atoms with Gasteiger partial charge < -0.3 is 14.2 Å². The minimum absolute atomic E-state index is 0.0975. The number of unbranched alkanes of at least 4 members (excludes halogenated alkanes) is 35. The molecule has 0 fully saturated rings. The summed E-state index contributed by atoms with van der Waals surface area (Å²) in [6.45, 7) is 6.50. The van der Waals surface area contributed by atoms with E-state index in [2.05, 4.69) is 99.8 Å². The Morgan fingerprint density at radius 1 is 0.273 bits per heavy atom. The maximum absolute atomic E-state index is 12.9. The molecule has 6 heteroatoms. The smallest absolute Gasteiger partial charge is 0.306 e. The van der Waals surface area contributed by atoms with Crippen molar-refractivity contribution in [1.82, 2.24) is 0 Å². The lowest BCUT2D eigenvalue weighted by Crippen LogP contribution is -2.30. The predicted molar refractivity (Wildman–Crippen MR) is 334 cm³/mol. The Morgan fingerprint density at radius 2 is 0.532 bits per heavy atom. The maximum atomic E-state index is 12.9. The Labute approximate surface area is 477 Å². The average Bonchev–Trinajstić information content (AvgIpc) is 3.43. The average molecular weight is 1070 g/mol. The highest BCUT2D eigenvalue weighted by molar-refractivity contribution is 5.71.